The highest BCUT2D eigenvalue weighted by atomic mass is 32.2. The molecule has 0 saturated carbocycles. The number of nitrogen functional groups attached to an aromatic ring is 1. The molecule has 1 rings (SSSR count). The van der Waals surface area contributed by atoms with Crippen LogP contribution in [0.3, 0.4) is 0 Å². The molecule has 0 saturated heterocycles. The molecule has 0 aliphatic heterocycles. The second-order valence-electron chi connectivity index (χ2n) is 4.67. The first-order valence-corrected chi connectivity index (χ1v) is 7.18. The molecule has 102 valence electrons. The molecule has 0 fully saturated rings. The van der Waals surface area contributed by atoms with Gasteiger partial charge in [-0.1, -0.05) is 12.1 Å². The van der Waals surface area contributed by atoms with Crippen LogP contribution in [0, 0.1) is 0 Å². The second kappa shape index (κ2) is 5.69. The summed E-state index contributed by atoms with van der Waals surface area (Å²) >= 11 is 0. The van der Waals surface area contributed by atoms with E-state index in [-0.39, 0.29) is 6.04 Å². The van der Waals surface area contributed by atoms with Crippen LogP contribution in [0.25, 0.3) is 0 Å². The third-order valence-corrected chi connectivity index (χ3v) is 4.72. The first-order chi connectivity index (χ1) is 8.25. The van der Waals surface area contributed by atoms with Gasteiger partial charge < -0.3 is 5.73 Å². The van der Waals surface area contributed by atoms with Crippen LogP contribution in [-0.4, -0.2) is 37.2 Å². The fourth-order valence-corrected chi connectivity index (χ4v) is 2.81. The first kappa shape index (κ1) is 14.9. The Morgan fingerprint density at radius 1 is 1.17 bits per heavy atom. The standard InChI is InChI=1S/C12H21N3O2S/c1-10(2)15(18(16,17)14(3)4)9-11-5-7-12(13)8-6-11/h5-8,10H,9,13H2,1-4H3. The fraction of sp³-hybridized carbons (Fsp3) is 0.500. The predicted octanol–water partition coefficient (Wildman–Crippen LogP) is 1.29. The van der Waals surface area contributed by atoms with E-state index in [1.54, 1.807) is 12.1 Å². The van der Waals surface area contributed by atoms with Crippen molar-refractivity contribution < 1.29 is 8.42 Å². The summed E-state index contributed by atoms with van der Waals surface area (Å²) in [4.78, 5) is 0. The van der Waals surface area contributed by atoms with Crippen LogP contribution in [0.2, 0.25) is 0 Å². The highest BCUT2D eigenvalue weighted by Gasteiger charge is 2.26. The van der Waals surface area contributed by atoms with Crippen LogP contribution in [0.1, 0.15) is 19.4 Å². The SMILES string of the molecule is CC(C)N(Cc1ccc(N)cc1)S(=O)(=O)N(C)C. The molecule has 5 nitrogen and oxygen atoms in total. The van der Waals surface area contributed by atoms with Crippen LogP contribution in [-0.2, 0) is 16.8 Å². The summed E-state index contributed by atoms with van der Waals surface area (Å²) in [7, 11) is -0.340. The average Bonchev–Trinajstić information content (AvgIpc) is 2.27. The minimum Gasteiger partial charge on any atom is -0.399 e. The summed E-state index contributed by atoms with van der Waals surface area (Å²) < 4.78 is 27.0. The van der Waals surface area contributed by atoms with Gasteiger partial charge in [0.1, 0.15) is 0 Å². The van der Waals surface area contributed by atoms with Crippen LogP contribution in [0.15, 0.2) is 24.3 Å². The number of anilines is 1. The second-order valence-corrected chi connectivity index (χ2v) is 6.77. The molecule has 0 unspecified atom stereocenters. The molecule has 6 heteroatoms. The largest absolute Gasteiger partial charge is 0.399 e. The topological polar surface area (TPSA) is 66.6 Å². The van der Waals surface area contributed by atoms with Crippen molar-refractivity contribution in [1.29, 1.82) is 0 Å². The Bertz CT molecular complexity index is 481. The molecule has 0 bridgehead atoms. The molecule has 0 atom stereocenters. The molecule has 0 amide bonds. The van der Waals surface area contributed by atoms with E-state index in [0.29, 0.717) is 12.2 Å². The van der Waals surface area contributed by atoms with Gasteiger partial charge in [0.25, 0.3) is 10.2 Å². The number of hydrogen-bond acceptors (Lipinski definition) is 3. The number of nitrogens with zero attached hydrogens (tertiary/aromatic N) is 2. The summed E-state index contributed by atoms with van der Waals surface area (Å²) in [5.41, 5.74) is 7.20. The molecule has 0 heterocycles. The number of nitrogens with two attached hydrogens (primary N) is 1. The van der Waals surface area contributed by atoms with Gasteiger partial charge in [-0.3, -0.25) is 0 Å². The van der Waals surface area contributed by atoms with Gasteiger partial charge in [-0.05, 0) is 31.5 Å². The van der Waals surface area contributed by atoms with Crippen molar-refractivity contribution in [1.82, 2.24) is 8.61 Å². The van der Waals surface area contributed by atoms with Gasteiger partial charge in [0.05, 0.1) is 0 Å². The van der Waals surface area contributed by atoms with Gasteiger partial charge in [-0.15, -0.1) is 0 Å². The van der Waals surface area contributed by atoms with Crippen molar-refractivity contribution >= 4 is 15.9 Å². The van der Waals surface area contributed by atoms with Gasteiger partial charge in [0.2, 0.25) is 0 Å². The minimum atomic E-state index is -3.41. The Kier molecular flexibility index (Phi) is 4.72. The molecule has 2 N–H and O–H groups in total. The summed E-state index contributed by atoms with van der Waals surface area (Å²) in [5, 5.41) is 0. The van der Waals surface area contributed by atoms with Crippen LogP contribution in [0.4, 0.5) is 5.69 Å². The van der Waals surface area contributed by atoms with E-state index in [4.69, 9.17) is 5.73 Å². The normalized spacial score (nSPS) is 12.6. The van der Waals surface area contributed by atoms with Crippen LogP contribution < -0.4 is 5.73 Å². The lowest BCUT2D eigenvalue weighted by molar-refractivity contribution is 0.322. The molecule has 0 aliphatic carbocycles. The molecule has 0 aliphatic rings. The van der Waals surface area contributed by atoms with Gasteiger partial charge in [-0.25, -0.2) is 0 Å². The number of hydrogen-bond donors (Lipinski definition) is 1. The van der Waals surface area contributed by atoms with E-state index in [0.717, 1.165) is 5.56 Å². The molecule has 0 spiro atoms. The highest BCUT2D eigenvalue weighted by molar-refractivity contribution is 7.86. The molecule has 0 aromatic heterocycles. The maximum atomic E-state index is 12.2. The van der Waals surface area contributed by atoms with Gasteiger partial charge in [-0.2, -0.15) is 17.0 Å². The predicted molar refractivity (Wildman–Crippen MR) is 74.1 cm³/mol. The summed E-state index contributed by atoms with van der Waals surface area (Å²) in [6.45, 7) is 4.06. The van der Waals surface area contributed by atoms with E-state index in [1.807, 2.05) is 26.0 Å². The van der Waals surface area contributed by atoms with Gasteiger partial charge in [0, 0.05) is 32.4 Å². The van der Waals surface area contributed by atoms with E-state index in [9.17, 15) is 8.42 Å². The van der Waals surface area contributed by atoms with Crippen LogP contribution >= 0.6 is 0 Å². The van der Waals surface area contributed by atoms with Crippen LogP contribution in [0.5, 0.6) is 0 Å². The van der Waals surface area contributed by atoms with E-state index < -0.39 is 10.2 Å². The lowest BCUT2D eigenvalue weighted by Crippen LogP contribution is -2.43. The quantitative estimate of drug-likeness (QED) is 0.821. The average molecular weight is 271 g/mol. The molecule has 1 aromatic rings. The Morgan fingerprint density at radius 3 is 2.06 bits per heavy atom. The summed E-state index contributed by atoms with van der Waals surface area (Å²) in [5.74, 6) is 0. The Hall–Kier alpha value is -1.11. The fourth-order valence-electron chi connectivity index (χ4n) is 1.54. The maximum absolute atomic E-state index is 12.2. The smallest absolute Gasteiger partial charge is 0.282 e. The first-order valence-electron chi connectivity index (χ1n) is 5.79. The Balaban J connectivity index is 2.98. The van der Waals surface area contributed by atoms with E-state index in [1.165, 1.54) is 22.7 Å². The zero-order chi connectivity index (χ0) is 13.9. The van der Waals surface area contributed by atoms with Crippen molar-refractivity contribution in [2.45, 2.75) is 26.4 Å². The van der Waals surface area contributed by atoms with Gasteiger partial charge >= 0.3 is 0 Å². The van der Waals surface area contributed by atoms with E-state index >= 15 is 0 Å². The lowest BCUT2D eigenvalue weighted by Gasteiger charge is -2.28. The molecule has 18 heavy (non-hydrogen) atoms. The Morgan fingerprint density at radius 2 is 1.67 bits per heavy atom. The molecular formula is C12H21N3O2S. The summed E-state index contributed by atoms with van der Waals surface area (Å²) in [6.07, 6.45) is 0. The Labute approximate surface area is 109 Å². The number of rotatable bonds is 5. The van der Waals surface area contributed by atoms with Crippen molar-refractivity contribution in [3.8, 4) is 0 Å². The third-order valence-electron chi connectivity index (χ3n) is 2.65. The van der Waals surface area contributed by atoms with Crippen molar-refractivity contribution in [3.05, 3.63) is 29.8 Å². The molecule has 1 aromatic carbocycles. The lowest BCUT2D eigenvalue weighted by atomic mass is 10.2. The van der Waals surface area contributed by atoms with Crippen molar-refractivity contribution in [2.24, 2.45) is 0 Å². The van der Waals surface area contributed by atoms with Gasteiger partial charge in [0.15, 0.2) is 0 Å². The number of benzene rings is 1. The zero-order valence-electron chi connectivity index (χ0n) is 11.3. The monoisotopic (exact) mass is 271 g/mol. The zero-order valence-corrected chi connectivity index (χ0v) is 12.1. The van der Waals surface area contributed by atoms with Crippen molar-refractivity contribution in [2.75, 3.05) is 19.8 Å². The highest BCUT2D eigenvalue weighted by Crippen LogP contribution is 2.16. The maximum Gasteiger partial charge on any atom is 0.282 e. The third kappa shape index (κ3) is 3.44. The van der Waals surface area contributed by atoms with E-state index in [2.05, 4.69) is 0 Å². The molecule has 0 radical (unpaired) electrons. The van der Waals surface area contributed by atoms with Crippen molar-refractivity contribution in [3.63, 3.8) is 0 Å². The molecular weight excluding hydrogens is 250 g/mol. The minimum absolute atomic E-state index is 0.102. The summed E-state index contributed by atoms with van der Waals surface area (Å²) in [6, 6.07) is 7.13.